The van der Waals surface area contributed by atoms with Crippen molar-refractivity contribution in [2.75, 3.05) is 44.2 Å². The number of fused-ring (bicyclic) bond motifs is 1. The Kier molecular flexibility index (Phi) is 7.44. The molecule has 4 aliphatic heterocycles. The van der Waals surface area contributed by atoms with Crippen molar-refractivity contribution in [2.24, 2.45) is 0 Å². The average Bonchev–Trinajstić information content (AvgIpc) is 3.26. The van der Waals surface area contributed by atoms with Crippen molar-refractivity contribution >= 4 is 35.4 Å². The van der Waals surface area contributed by atoms with Crippen molar-refractivity contribution in [2.45, 2.75) is 44.4 Å². The van der Waals surface area contributed by atoms with Gasteiger partial charge in [-0.1, -0.05) is 36.4 Å². The zero-order valence-electron chi connectivity index (χ0n) is 22.8. The Balaban J connectivity index is 1.04. The highest BCUT2D eigenvalue weighted by molar-refractivity contribution is 6.25. The predicted octanol–water partition coefficient (Wildman–Crippen LogP) is 2.01. The maximum atomic E-state index is 13.5. The predicted molar refractivity (Wildman–Crippen MR) is 148 cm³/mol. The minimum atomic E-state index is -0.980. The normalized spacial score (nSPS) is 22.1. The molecule has 0 saturated carbocycles. The lowest BCUT2D eigenvalue weighted by molar-refractivity contribution is -0.136. The van der Waals surface area contributed by atoms with Crippen molar-refractivity contribution in [3.8, 4) is 0 Å². The summed E-state index contributed by atoms with van der Waals surface area (Å²) in [5.41, 5.74) is 2.29. The average molecular weight is 560 g/mol. The molecule has 5 amide bonds. The van der Waals surface area contributed by atoms with E-state index >= 15 is 0 Å². The molecule has 41 heavy (non-hydrogen) atoms. The van der Waals surface area contributed by atoms with Gasteiger partial charge in [0, 0.05) is 51.7 Å². The molecule has 0 aromatic heterocycles. The molecule has 1 unspecified atom stereocenters. The number of benzene rings is 2. The molecular weight excluding hydrogens is 526 g/mol. The van der Waals surface area contributed by atoms with Crippen LogP contribution in [0.1, 0.15) is 52.0 Å². The van der Waals surface area contributed by atoms with Gasteiger partial charge in [-0.3, -0.25) is 34.3 Å². The van der Waals surface area contributed by atoms with Crippen LogP contribution in [0, 0.1) is 0 Å². The number of piperidine rings is 2. The third-order valence-electron chi connectivity index (χ3n) is 8.55. The maximum absolute atomic E-state index is 13.5. The first-order chi connectivity index (χ1) is 19.9. The van der Waals surface area contributed by atoms with Crippen LogP contribution in [-0.2, 0) is 20.9 Å². The number of nitrogens with zero attached hydrogens (tertiary/aromatic N) is 4. The Morgan fingerprint density at radius 3 is 2.27 bits per heavy atom. The number of likely N-dealkylation sites (tertiary alicyclic amines) is 1. The van der Waals surface area contributed by atoms with E-state index < -0.39 is 29.7 Å². The van der Waals surface area contributed by atoms with Crippen LogP contribution in [0.4, 0.5) is 10.5 Å². The summed E-state index contributed by atoms with van der Waals surface area (Å²) in [5.74, 6) is -1.98. The molecule has 0 aliphatic carbocycles. The Labute approximate surface area is 238 Å². The lowest BCUT2D eigenvalue weighted by Gasteiger charge is -2.43. The summed E-state index contributed by atoms with van der Waals surface area (Å²) in [4.78, 5) is 70.6. The zero-order valence-corrected chi connectivity index (χ0v) is 22.8. The molecular formula is C30H33N5O6. The van der Waals surface area contributed by atoms with Crippen molar-refractivity contribution in [1.29, 1.82) is 0 Å². The molecule has 2 aromatic rings. The SMILES string of the molecule is O=C1CCC(N2C(=O)c3cccc(N4CCN(C5CCN(C(=O)OCc6ccccc6)CC5)CC4)c3C2=O)C(=O)N1. The molecule has 1 N–H and O–H groups in total. The van der Waals surface area contributed by atoms with Crippen molar-refractivity contribution in [1.82, 2.24) is 20.0 Å². The molecule has 3 saturated heterocycles. The van der Waals surface area contributed by atoms with Crippen LogP contribution in [0.25, 0.3) is 0 Å². The standard InChI is InChI=1S/C30H33N5O6/c36-25-10-9-24(27(37)31-25)35-28(38)22-7-4-8-23(26(22)29(35)39)33-17-15-32(16-18-33)21-11-13-34(14-12-21)30(40)41-19-20-5-2-1-3-6-20/h1-8,21,24H,9-19H2,(H,31,36,37). The number of hydrogen-bond acceptors (Lipinski definition) is 8. The number of amides is 5. The Bertz CT molecular complexity index is 1360. The van der Waals surface area contributed by atoms with Gasteiger partial charge in [-0.2, -0.15) is 0 Å². The first kappa shape index (κ1) is 26.9. The van der Waals surface area contributed by atoms with Crippen LogP contribution < -0.4 is 10.2 Å². The second-order valence-electron chi connectivity index (χ2n) is 10.9. The van der Waals surface area contributed by atoms with Crippen LogP contribution in [0.15, 0.2) is 48.5 Å². The minimum Gasteiger partial charge on any atom is -0.445 e. The van der Waals surface area contributed by atoms with Crippen molar-refractivity contribution < 1.29 is 28.7 Å². The van der Waals surface area contributed by atoms with Gasteiger partial charge in [0.05, 0.1) is 16.8 Å². The van der Waals surface area contributed by atoms with Crippen molar-refractivity contribution in [3.05, 3.63) is 65.2 Å². The summed E-state index contributed by atoms with van der Waals surface area (Å²) >= 11 is 0. The van der Waals surface area contributed by atoms with Gasteiger partial charge in [0.1, 0.15) is 12.6 Å². The summed E-state index contributed by atoms with van der Waals surface area (Å²) in [6, 6.07) is 14.3. The second-order valence-corrected chi connectivity index (χ2v) is 10.9. The monoisotopic (exact) mass is 559 g/mol. The van der Waals surface area contributed by atoms with E-state index in [1.54, 1.807) is 17.0 Å². The smallest absolute Gasteiger partial charge is 0.410 e. The highest BCUT2D eigenvalue weighted by atomic mass is 16.6. The summed E-state index contributed by atoms with van der Waals surface area (Å²) < 4.78 is 5.50. The van der Waals surface area contributed by atoms with Gasteiger partial charge in [-0.05, 0) is 37.0 Å². The van der Waals surface area contributed by atoms with E-state index in [0.29, 0.717) is 49.0 Å². The number of imide groups is 2. The molecule has 6 rings (SSSR count). The number of rotatable bonds is 5. The van der Waals surface area contributed by atoms with Gasteiger partial charge in [0.2, 0.25) is 11.8 Å². The van der Waals surface area contributed by atoms with E-state index in [0.717, 1.165) is 36.4 Å². The van der Waals surface area contributed by atoms with Crippen LogP contribution in [-0.4, -0.2) is 95.8 Å². The van der Waals surface area contributed by atoms with Gasteiger partial charge in [0.15, 0.2) is 0 Å². The fraction of sp³-hybridized carbons (Fsp3) is 0.433. The number of hydrogen-bond donors (Lipinski definition) is 1. The third kappa shape index (κ3) is 5.29. The van der Waals surface area contributed by atoms with Crippen LogP contribution >= 0.6 is 0 Å². The van der Waals surface area contributed by atoms with Crippen LogP contribution in [0.3, 0.4) is 0 Å². The molecule has 0 bridgehead atoms. The van der Waals surface area contributed by atoms with Gasteiger partial charge in [0.25, 0.3) is 11.8 Å². The van der Waals surface area contributed by atoms with E-state index in [4.69, 9.17) is 4.74 Å². The molecule has 0 spiro atoms. The highest BCUT2D eigenvalue weighted by Gasteiger charge is 2.46. The Morgan fingerprint density at radius 2 is 1.56 bits per heavy atom. The molecule has 11 heteroatoms. The fourth-order valence-corrected chi connectivity index (χ4v) is 6.31. The Morgan fingerprint density at radius 1 is 0.829 bits per heavy atom. The van der Waals surface area contributed by atoms with E-state index in [9.17, 15) is 24.0 Å². The molecule has 1 atom stereocenters. The molecule has 3 fully saturated rings. The maximum Gasteiger partial charge on any atom is 0.410 e. The van der Waals surface area contributed by atoms with Gasteiger partial charge >= 0.3 is 6.09 Å². The number of piperazine rings is 1. The molecule has 4 aliphatic rings. The summed E-state index contributed by atoms with van der Waals surface area (Å²) in [6.45, 7) is 4.54. The first-order valence-electron chi connectivity index (χ1n) is 14.2. The first-order valence-corrected chi connectivity index (χ1v) is 14.2. The second kappa shape index (κ2) is 11.3. The summed E-state index contributed by atoms with van der Waals surface area (Å²) in [6.07, 6.45) is 1.69. The van der Waals surface area contributed by atoms with Crippen LogP contribution in [0.5, 0.6) is 0 Å². The number of nitrogens with one attached hydrogen (secondary N) is 1. The van der Waals surface area contributed by atoms with E-state index in [2.05, 4.69) is 15.1 Å². The minimum absolute atomic E-state index is 0.0897. The third-order valence-corrected chi connectivity index (χ3v) is 8.55. The molecule has 2 aromatic carbocycles. The quantitative estimate of drug-likeness (QED) is 0.553. The highest BCUT2D eigenvalue weighted by Crippen LogP contribution is 2.35. The molecule has 4 heterocycles. The van der Waals surface area contributed by atoms with E-state index in [1.807, 2.05) is 36.4 Å². The van der Waals surface area contributed by atoms with Crippen molar-refractivity contribution in [3.63, 3.8) is 0 Å². The lowest BCUT2D eigenvalue weighted by atomic mass is 10.0. The lowest BCUT2D eigenvalue weighted by Crippen LogP contribution is -2.54. The summed E-state index contributed by atoms with van der Waals surface area (Å²) in [5, 5.41) is 2.24. The van der Waals surface area contributed by atoms with E-state index in [1.165, 1.54) is 0 Å². The topological polar surface area (TPSA) is 120 Å². The largest absolute Gasteiger partial charge is 0.445 e. The molecule has 11 nitrogen and oxygen atoms in total. The molecule has 0 radical (unpaired) electrons. The number of ether oxygens (including phenoxy) is 1. The fourth-order valence-electron chi connectivity index (χ4n) is 6.31. The van der Waals surface area contributed by atoms with Gasteiger partial charge in [-0.15, -0.1) is 0 Å². The number of carbonyl (C=O) groups is 5. The summed E-state index contributed by atoms with van der Waals surface area (Å²) in [7, 11) is 0. The Hall–Kier alpha value is -4.25. The zero-order chi connectivity index (χ0) is 28.5. The molecule has 214 valence electrons. The number of carbonyl (C=O) groups excluding carboxylic acids is 5. The number of anilines is 1. The van der Waals surface area contributed by atoms with E-state index in [-0.39, 0.29) is 25.5 Å². The van der Waals surface area contributed by atoms with Crippen LogP contribution in [0.2, 0.25) is 0 Å². The van der Waals surface area contributed by atoms with Gasteiger partial charge < -0.3 is 14.5 Å². The van der Waals surface area contributed by atoms with Gasteiger partial charge in [-0.25, -0.2) is 4.79 Å².